The number of hydrogen-bond donors (Lipinski definition) is 0. The van der Waals surface area contributed by atoms with E-state index in [2.05, 4.69) is 73.9 Å². The highest BCUT2D eigenvalue weighted by molar-refractivity contribution is 5.58. The molecule has 1 unspecified atom stereocenters. The normalized spacial score (nSPS) is 15.0. The van der Waals surface area contributed by atoms with Crippen molar-refractivity contribution in [2.75, 3.05) is 45.3 Å². The van der Waals surface area contributed by atoms with E-state index >= 15 is 0 Å². The van der Waals surface area contributed by atoms with Gasteiger partial charge in [-0.1, -0.05) is 54.6 Å². The third-order valence-electron chi connectivity index (χ3n) is 6.80. The molecule has 0 radical (unpaired) electrons. The molecule has 0 amide bonds. The molecule has 1 saturated heterocycles. The van der Waals surface area contributed by atoms with Crippen LogP contribution in [-0.2, 0) is 13.0 Å². The van der Waals surface area contributed by atoms with Gasteiger partial charge in [0.2, 0.25) is 0 Å². The van der Waals surface area contributed by atoms with Gasteiger partial charge in [-0.2, -0.15) is 0 Å². The Morgan fingerprint density at radius 2 is 1.53 bits per heavy atom. The maximum Gasteiger partial charge on any atom is 0.173 e. The van der Waals surface area contributed by atoms with Crippen LogP contribution in [0.15, 0.2) is 78.9 Å². The summed E-state index contributed by atoms with van der Waals surface area (Å²) in [5.41, 5.74) is 3.55. The molecule has 186 valence electrons. The second kappa shape index (κ2) is 11.2. The van der Waals surface area contributed by atoms with Crippen LogP contribution < -0.4 is 14.4 Å². The number of nitrogens with zero attached hydrogens (tertiary/aromatic N) is 6. The summed E-state index contributed by atoms with van der Waals surface area (Å²) in [4.78, 5) is 4.86. The Kier molecular flexibility index (Phi) is 7.42. The van der Waals surface area contributed by atoms with Crippen LogP contribution in [0, 0.1) is 0 Å². The summed E-state index contributed by atoms with van der Waals surface area (Å²) in [5, 5.41) is 13.0. The van der Waals surface area contributed by atoms with Crippen LogP contribution in [0.25, 0.3) is 0 Å². The van der Waals surface area contributed by atoms with Gasteiger partial charge in [0, 0.05) is 32.7 Å². The van der Waals surface area contributed by atoms with Gasteiger partial charge < -0.3 is 14.4 Å². The zero-order valence-electron chi connectivity index (χ0n) is 20.8. The molecule has 4 aromatic rings. The van der Waals surface area contributed by atoms with Gasteiger partial charge in [-0.25, -0.2) is 4.68 Å². The zero-order chi connectivity index (χ0) is 24.7. The lowest BCUT2D eigenvalue weighted by Gasteiger charge is -2.40. The molecule has 1 aliphatic rings. The molecule has 0 saturated carbocycles. The summed E-state index contributed by atoms with van der Waals surface area (Å²) < 4.78 is 13.0. The van der Waals surface area contributed by atoms with Crippen molar-refractivity contribution in [2.24, 2.45) is 0 Å². The molecule has 0 aliphatic carbocycles. The Morgan fingerprint density at radius 1 is 0.806 bits per heavy atom. The van der Waals surface area contributed by atoms with Crippen molar-refractivity contribution >= 4 is 5.69 Å². The number of aryl methyl sites for hydroxylation is 2. The highest BCUT2D eigenvalue weighted by Crippen LogP contribution is 2.33. The highest BCUT2D eigenvalue weighted by atomic mass is 16.5. The lowest BCUT2D eigenvalue weighted by atomic mass is 10.0. The second-order valence-electron chi connectivity index (χ2n) is 8.87. The molecule has 36 heavy (non-hydrogen) atoms. The van der Waals surface area contributed by atoms with Gasteiger partial charge in [-0.3, -0.25) is 4.90 Å². The topological polar surface area (TPSA) is 68.5 Å². The first-order chi connectivity index (χ1) is 17.8. The van der Waals surface area contributed by atoms with Gasteiger partial charge in [-0.15, -0.1) is 5.10 Å². The maximum atomic E-state index is 5.61. The minimum Gasteiger partial charge on any atom is -0.497 e. The Morgan fingerprint density at radius 3 is 2.25 bits per heavy atom. The summed E-state index contributed by atoms with van der Waals surface area (Å²) in [6.45, 7) is 4.25. The minimum atomic E-state index is -0.0542. The van der Waals surface area contributed by atoms with E-state index in [1.54, 1.807) is 14.2 Å². The number of methoxy groups -OCH3 is 2. The van der Waals surface area contributed by atoms with Gasteiger partial charge in [-0.05, 0) is 52.2 Å². The average molecular weight is 485 g/mol. The number of anilines is 1. The van der Waals surface area contributed by atoms with E-state index < -0.39 is 0 Å². The van der Waals surface area contributed by atoms with Crippen molar-refractivity contribution in [1.29, 1.82) is 0 Å². The van der Waals surface area contributed by atoms with Crippen molar-refractivity contribution in [3.05, 3.63) is 95.8 Å². The van der Waals surface area contributed by atoms with E-state index in [-0.39, 0.29) is 6.04 Å². The number of tetrazole rings is 1. The third kappa shape index (κ3) is 5.18. The lowest BCUT2D eigenvalue weighted by Crippen LogP contribution is -2.48. The van der Waals surface area contributed by atoms with Crippen molar-refractivity contribution < 1.29 is 9.47 Å². The molecule has 2 heterocycles. The van der Waals surface area contributed by atoms with E-state index in [0.29, 0.717) is 0 Å². The van der Waals surface area contributed by atoms with Gasteiger partial charge >= 0.3 is 0 Å². The SMILES string of the molecule is COc1ccc(C(c2nnnn2CCc2ccccc2)N2CCN(c3ccccc3OC)CC2)cc1. The van der Waals surface area contributed by atoms with Crippen LogP contribution in [0.1, 0.15) is 23.0 Å². The summed E-state index contributed by atoms with van der Waals surface area (Å²) in [6, 6.07) is 26.9. The summed E-state index contributed by atoms with van der Waals surface area (Å²) >= 11 is 0. The molecule has 0 spiro atoms. The van der Waals surface area contributed by atoms with E-state index in [1.807, 2.05) is 35.0 Å². The fourth-order valence-electron chi connectivity index (χ4n) is 4.87. The molecule has 1 atom stereocenters. The third-order valence-corrected chi connectivity index (χ3v) is 6.80. The first-order valence-electron chi connectivity index (χ1n) is 12.3. The number of rotatable bonds is 9. The van der Waals surface area contributed by atoms with Crippen molar-refractivity contribution in [2.45, 2.75) is 19.0 Å². The molecule has 1 aliphatic heterocycles. The highest BCUT2D eigenvalue weighted by Gasteiger charge is 2.31. The van der Waals surface area contributed by atoms with E-state index in [4.69, 9.17) is 9.47 Å². The van der Waals surface area contributed by atoms with Crippen molar-refractivity contribution in [3.8, 4) is 11.5 Å². The Balaban J connectivity index is 1.39. The predicted molar refractivity (Wildman–Crippen MR) is 140 cm³/mol. The van der Waals surface area contributed by atoms with Crippen LogP contribution in [0.5, 0.6) is 11.5 Å². The summed E-state index contributed by atoms with van der Waals surface area (Å²) in [5.74, 6) is 2.60. The fourth-order valence-corrected chi connectivity index (χ4v) is 4.87. The van der Waals surface area contributed by atoms with Crippen LogP contribution in [0.2, 0.25) is 0 Å². The lowest BCUT2D eigenvalue weighted by molar-refractivity contribution is 0.200. The number of piperazine rings is 1. The number of ether oxygens (including phenoxy) is 2. The average Bonchev–Trinajstić information content (AvgIpc) is 3.41. The number of para-hydroxylation sites is 2. The van der Waals surface area contributed by atoms with Crippen LogP contribution >= 0.6 is 0 Å². The minimum absolute atomic E-state index is 0.0542. The zero-order valence-corrected chi connectivity index (χ0v) is 20.8. The molecule has 0 N–H and O–H groups in total. The van der Waals surface area contributed by atoms with E-state index in [9.17, 15) is 0 Å². The molecule has 1 fully saturated rings. The Labute approximate surface area is 212 Å². The van der Waals surface area contributed by atoms with Crippen LogP contribution in [0.3, 0.4) is 0 Å². The van der Waals surface area contributed by atoms with Gasteiger partial charge in [0.25, 0.3) is 0 Å². The number of hydrogen-bond acceptors (Lipinski definition) is 7. The molecular weight excluding hydrogens is 452 g/mol. The van der Waals surface area contributed by atoms with Gasteiger partial charge in [0.05, 0.1) is 25.9 Å². The largest absolute Gasteiger partial charge is 0.497 e. The second-order valence-corrected chi connectivity index (χ2v) is 8.87. The molecule has 1 aromatic heterocycles. The van der Waals surface area contributed by atoms with Gasteiger partial charge in [0.1, 0.15) is 11.5 Å². The molecule has 0 bridgehead atoms. The standard InChI is InChI=1S/C28H32N6O2/c1-35-24-14-12-23(13-15-24)27(28-29-30-31-34(28)17-16-22-8-4-3-5-9-22)33-20-18-32(19-21-33)25-10-6-7-11-26(25)36-2/h3-15,27H,16-21H2,1-2H3. The van der Waals surface area contributed by atoms with Crippen molar-refractivity contribution in [3.63, 3.8) is 0 Å². The maximum absolute atomic E-state index is 5.61. The number of benzene rings is 3. The van der Waals surface area contributed by atoms with Crippen LogP contribution in [0.4, 0.5) is 5.69 Å². The smallest absolute Gasteiger partial charge is 0.173 e. The molecule has 8 heteroatoms. The van der Waals surface area contributed by atoms with Crippen LogP contribution in [-0.4, -0.2) is 65.5 Å². The summed E-state index contributed by atoms with van der Waals surface area (Å²) in [7, 11) is 3.41. The molecule has 3 aromatic carbocycles. The molecule has 5 rings (SSSR count). The van der Waals surface area contributed by atoms with Gasteiger partial charge in [0.15, 0.2) is 5.82 Å². The quantitative estimate of drug-likeness (QED) is 0.358. The first kappa shape index (κ1) is 23.8. The Hall–Kier alpha value is -3.91. The van der Waals surface area contributed by atoms with E-state index in [1.165, 1.54) is 5.56 Å². The first-order valence-corrected chi connectivity index (χ1v) is 12.3. The summed E-state index contributed by atoms with van der Waals surface area (Å²) in [6.07, 6.45) is 0.871. The predicted octanol–water partition coefficient (Wildman–Crippen LogP) is 3.84. The van der Waals surface area contributed by atoms with E-state index in [0.717, 1.165) is 67.7 Å². The Bertz CT molecular complexity index is 1240. The monoisotopic (exact) mass is 484 g/mol. The van der Waals surface area contributed by atoms with Crippen molar-refractivity contribution in [1.82, 2.24) is 25.1 Å². The number of aromatic nitrogens is 4. The molecular formula is C28H32N6O2. The fraction of sp³-hybridized carbons (Fsp3) is 0.321. The molecule has 8 nitrogen and oxygen atoms in total.